The second-order valence-corrected chi connectivity index (χ2v) is 8.66. The number of hydrogen-bond acceptors (Lipinski definition) is 4. The van der Waals surface area contributed by atoms with Crippen LogP contribution in [-0.2, 0) is 17.1 Å². The molecule has 0 aliphatic rings. The van der Waals surface area contributed by atoms with E-state index in [4.69, 9.17) is 14.2 Å². The lowest BCUT2D eigenvalue weighted by atomic mass is 10.2. The lowest BCUT2D eigenvalue weighted by Gasteiger charge is -2.19. The van der Waals surface area contributed by atoms with Crippen molar-refractivity contribution in [2.75, 3.05) is 13.7 Å². The minimum absolute atomic E-state index is 0.109. The van der Waals surface area contributed by atoms with Crippen LogP contribution in [-0.4, -0.2) is 19.8 Å². The molecule has 0 spiro atoms. The van der Waals surface area contributed by atoms with Gasteiger partial charge >= 0.3 is 0 Å². The molecular formula is C27H31FO3S. The molecule has 0 bridgehead atoms. The summed E-state index contributed by atoms with van der Waals surface area (Å²) in [6.45, 7) is 3.31. The van der Waals surface area contributed by atoms with Gasteiger partial charge in [-0.25, -0.2) is 0 Å². The van der Waals surface area contributed by atoms with Gasteiger partial charge in [0, 0.05) is 12.4 Å². The predicted octanol–water partition coefficient (Wildman–Crippen LogP) is 7.28. The molecule has 0 amide bonds. The molecule has 3 nitrogen and oxygen atoms in total. The Balaban J connectivity index is 1.49. The third-order valence-corrected chi connectivity index (χ3v) is 6.17. The Morgan fingerprint density at radius 1 is 0.875 bits per heavy atom. The first-order valence-electron chi connectivity index (χ1n) is 11.0. The second kappa shape index (κ2) is 13.1. The van der Waals surface area contributed by atoms with E-state index in [9.17, 15) is 4.39 Å². The van der Waals surface area contributed by atoms with Crippen LogP contribution in [0.5, 0.6) is 11.5 Å². The molecule has 1 atom stereocenters. The van der Waals surface area contributed by atoms with Crippen molar-refractivity contribution < 1.29 is 18.6 Å². The predicted molar refractivity (Wildman–Crippen MR) is 129 cm³/mol. The Bertz CT molecular complexity index is 934. The van der Waals surface area contributed by atoms with Gasteiger partial charge in [-0.15, -0.1) is 11.8 Å². The average Bonchev–Trinajstić information content (AvgIpc) is 2.83. The molecule has 32 heavy (non-hydrogen) atoms. The highest BCUT2D eigenvalue weighted by Gasteiger charge is 2.18. The van der Waals surface area contributed by atoms with E-state index in [0.29, 0.717) is 13.2 Å². The van der Waals surface area contributed by atoms with E-state index < -0.39 is 5.82 Å². The van der Waals surface area contributed by atoms with E-state index in [1.54, 1.807) is 17.8 Å². The van der Waals surface area contributed by atoms with Gasteiger partial charge in [0.1, 0.15) is 0 Å². The third kappa shape index (κ3) is 7.57. The monoisotopic (exact) mass is 454 g/mol. The van der Waals surface area contributed by atoms with E-state index in [0.717, 1.165) is 29.9 Å². The fourth-order valence-electron chi connectivity index (χ4n) is 3.30. The molecule has 0 saturated heterocycles. The highest BCUT2D eigenvalue weighted by Crippen LogP contribution is 2.38. The minimum atomic E-state index is -0.441. The van der Waals surface area contributed by atoms with E-state index in [2.05, 4.69) is 24.3 Å². The van der Waals surface area contributed by atoms with Gasteiger partial charge in [0.15, 0.2) is 11.5 Å². The van der Waals surface area contributed by atoms with Crippen molar-refractivity contribution in [3.8, 4) is 11.5 Å². The lowest BCUT2D eigenvalue weighted by molar-refractivity contribution is 0.112. The largest absolute Gasteiger partial charge is 0.494 e. The fourth-order valence-corrected chi connectivity index (χ4v) is 4.24. The van der Waals surface area contributed by atoms with Crippen LogP contribution in [0.25, 0.3) is 0 Å². The van der Waals surface area contributed by atoms with Gasteiger partial charge in [-0.1, -0.05) is 60.7 Å². The van der Waals surface area contributed by atoms with Gasteiger partial charge in [0.2, 0.25) is 5.82 Å². The summed E-state index contributed by atoms with van der Waals surface area (Å²) < 4.78 is 32.0. The summed E-state index contributed by atoms with van der Waals surface area (Å²) >= 11 is 1.57. The molecular weight excluding hydrogens is 423 g/mol. The number of thioether (sulfide) groups is 1. The normalized spacial score (nSPS) is 11.8. The number of hydrogen-bond donors (Lipinski definition) is 0. The summed E-state index contributed by atoms with van der Waals surface area (Å²) in [6.07, 6.45) is 2.61. The van der Waals surface area contributed by atoms with Gasteiger partial charge < -0.3 is 14.2 Å². The standard InChI is InChI=1S/C27H31FO3S/c1-21(11-9-10-18-30-19-22-12-5-3-6-13-22)31-27-25(17-16-24(29-2)26(27)28)32-20-23-14-7-4-8-15-23/h3-8,12-17,21H,9-11,18-20H2,1-2H3/t21-/m1/s1. The van der Waals surface area contributed by atoms with Crippen LogP contribution in [0.4, 0.5) is 4.39 Å². The molecule has 0 fully saturated rings. The molecule has 5 heteroatoms. The summed E-state index contributed by atoms with van der Waals surface area (Å²) in [4.78, 5) is 0.783. The van der Waals surface area contributed by atoms with Crippen molar-refractivity contribution in [1.82, 2.24) is 0 Å². The highest BCUT2D eigenvalue weighted by atomic mass is 32.2. The molecule has 3 aromatic carbocycles. The van der Waals surface area contributed by atoms with Gasteiger partial charge in [-0.05, 0) is 49.4 Å². The Hall–Kier alpha value is -2.50. The first-order valence-corrected chi connectivity index (χ1v) is 12.0. The second-order valence-electron chi connectivity index (χ2n) is 7.65. The van der Waals surface area contributed by atoms with Crippen LogP contribution in [0.15, 0.2) is 77.7 Å². The summed E-state index contributed by atoms with van der Waals surface area (Å²) in [7, 11) is 1.47. The first kappa shape index (κ1) is 24.1. The fraction of sp³-hybridized carbons (Fsp3) is 0.333. The molecule has 3 rings (SSSR count). The van der Waals surface area contributed by atoms with Crippen LogP contribution in [0, 0.1) is 5.82 Å². The SMILES string of the molecule is COc1ccc(SCc2ccccc2)c(O[C@H](C)CCCCOCc2ccccc2)c1F. The van der Waals surface area contributed by atoms with E-state index >= 15 is 0 Å². The van der Waals surface area contributed by atoms with Crippen LogP contribution in [0.1, 0.15) is 37.3 Å². The summed E-state index contributed by atoms with van der Waals surface area (Å²) in [5, 5.41) is 0. The zero-order valence-corrected chi connectivity index (χ0v) is 19.6. The van der Waals surface area contributed by atoms with Gasteiger partial charge in [-0.2, -0.15) is 4.39 Å². The van der Waals surface area contributed by atoms with Crippen molar-refractivity contribution in [2.45, 2.75) is 49.5 Å². The quantitative estimate of drug-likeness (QED) is 0.200. The van der Waals surface area contributed by atoms with Crippen molar-refractivity contribution in [3.05, 3.63) is 89.7 Å². The highest BCUT2D eigenvalue weighted by molar-refractivity contribution is 7.98. The molecule has 0 aromatic heterocycles. The maximum atomic E-state index is 15.0. The molecule has 0 saturated carbocycles. The van der Waals surface area contributed by atoms with Crippen molar-refractivity contribution >= 4 is 11.8 Å². The van der Waals surface area contributed by atoms with E-state index in [1.807, 2.05) is 49.4 Å². The van der Waals surface area contributed by atoms with Crippen molar-refractivity contribution in [3.63, 3.8) is 0 Å². The Morgan fingerprint density at radius 3 is 2.25 bits per heavy atom. The molecule has 0 radical (unpaired) electrons. The molecule has 3 aromatic rings. The van der Waals surface area contributed by atoms with Crippen molar-refractivity contribution in [2.24, 2.45) is 0 Å². The zero-order chi connectivity index (χ0) is 22.6. The summed E-state index contributed by atoms with van der Waals surface area (Å²) in [5.74, 6) is 0.781. The molecule has 0 heterocycles. The maximum absolute atomic E-state index is 15.0. The third-order valence-electron chi connectivity index (χ3n) is 5.06. The van der Waals surface area contributed by atoms with Crippen molar-refractivity contribution in [1.29, 1.82) is 0 Å². The molecule has 0 unspecified atom stereocenters. The first-order chi connectivity index (χ1) is 15.7. The van der Waals surface area contributed by atoms with Crippen LogP contribution in [0.3, 0.4) is 0 Å². The maximum Gasteiger partial charge on any atom is 0.207 e. The van der Waals surface area contributed by atoms with E-state index in [-0.39, 0.29) is 17.6 Å². The number of benzene rings is 3. The topological polar surface area (TPSA) is 27.7 Å². The Kier molecular flexibility index (Phi) is 9.92. The Labute approximate surface area is 194 Å². The van der Waals surface area contributed by atoms with E-state index in [1.165, 1.54) is 18.2 Å². The summed E-state index contributed by atoms with van der Waals surface area (Å²) in [6, 6.07) is 23.8. The zero-order valence-electron chi connectivity index (χ0n) is 18.8. The number of halogens is 1. The van der Waals surface area contributed by atoms with Gasteiger partial charge in [0.25, 0.3) is 0 Å². The van der Waals surface area contributed by atoms with Crippen LogP contribution >= 0.6 is 11.8 Å². The number of rotatable bonds is 13. The number of methoxy groups -OCH3 is 1. The average molecular weight is 455 g/mol. The van der Waals surface area contributed by atoms with Gasteiger partial charge in [0.05, 0.1) is 24.7 Å². The summed E-state index contributed by atoms with van der Waals surface area (Å²) in [5.41, 5.74) is 2.36. The minimum Gasteiger partial charge on any atom is -0.494 e. The Morgan fingerprint density at radius 2 is 1.56 bits per heavy atom. The number of ether oxygens (including phenoxy) is 3. The molecule has 0 N–H and O–H groups in total. The molecule has 0 aliphatic heterocycles. The molecule has 170 valence electrons. The lowest BCUT2D eigenvalue weighted by Crippen LogP contribution is -2.14. The van der Waals surface area contributed by atoms with Crippen LogP contribution < -0.4 is 9.47 Å². The van der Waals surface area contributed by atoms with Crippen LogP contribution in [0.2, 0.25) is 0 Å². The molecule has 0 aliphatic carbocycles. The number of unbranched alkanes of at least 4 members (excludes halogenated alkanes) is 1. The smallest absolute Gasteiger partial charge is 0.207 e. The van der Waals surface area contributed by atoms with Gasteiger partial charge in [-0.3, -0.25) is 0 Å².